The Morgan fingerprint density at radius 2 is 1.64 bits per heavy atom. The van der Waals surface area contributed by atoms with Crippen molar-refractivity contribution in [1.29, 1.82) is 0 Å². The van der Waals surface area contributed by atoms with Gasteiger partial charge in [0.2, 0.25) is 11.8 Å². The SMILES string of the molecule is CN=C(NCCCCN1CCCC1)NCCN1C(=O)C2C3C=CC(C3)C2C1=O. The number of imide groups is 1. The molecule has 7 nitrogen and oxygen atoms in total. The number of rotatable bonds is 8. The molecule has 2 aliphatic carbocycles. The summed E-state index contributed by atoms with van der Waals surface area (Å²) in [6.07, 6.45) is 10.2. The predicted octanol–water partition coefficient (Wildman–Crippen LogP) is 0.835. The van der Waals surface area contributed by atoms with Crippen LogP contribution in [-0.2, 0) is 9.59 Å². The van der Waals surface area contributed by atoms with E-state index in [0.717, 1.165) is 25.3 Å². The molecule has 2 saturated heterocycles. The summed E-state index contributed by atoms with van der Waals surface area (Å²) in [6, 6.07) is 0. The molecular weight excluding hydrogens is 354 g/mol. The second-order valence-corrected chi connectivity index (χ2v) is 8.51. The number of nitrogens with one attached hydrogen (secondary N) is 2. The van der Waals surface area contributed by atoms with Crippen LogP contribution in [0.5, 0.6) is 0 Å². The van der Waals surface area contributed by atoms with Crippen LogP contribution < -0.4 is 10.6 Å². The van der Waals surface area contributed by atoms with Crippen molar-refractivity contribution in [3.63, 3.8) is 0 Å². The number of allylic oxidation sites excluding steroid dienone is 2. The standard InChI is InChI=1S/C21H33N5O2/c1-22-21(23-8-2-3-10-25-11-4-5-12-25)24-9-13-26-19(27)17-15-6-7-16(14-15)18(17)20(26)28/h6-7,15-18H,2-5,8-14H2,1H3,(H2,22,23,24). The van der Waals surface area contributed by atoms with Crippen LogP contribution in [0.15, 0.2) is 17.1 Å². The number of aliphatic imine (C=N–C) groups is 1. The van der Waals surface area contributed by atoms with Crippen LogP contribution >= 0.6 is 0 Å². The van der Waals surface area contributed by atoms with Gasteiger partial charge in [-0.05, 0) is 63.6 Å². The second-order valence-electron chi connectivity index (χ2n) is 8.51. The monoisotopic (exact) mass is 387 g/mol. The zero-order valence-corrected chi connectivity index (χ0v) is 16.9. The lowest BCUT2D eigenvalue weighted by molar-refractivity contribution is -0.140. The molecule has 4 atom stereocenters. The average Bonchev–Trinajstić information content (AvgIpc) is 3.47. The van der Waals surface area contributed by atoms with Gasteiger partial charge in [0.05, 0.1) is 11.8 Å². The fourth-order valence-electron chi connectivity index (χ4n) is 5.36. The van der Waals surface area contributed by atoms with E-state index in [1.54, 1.807) is 7.05 Å². The highest BCUT2D eigenvalue weighted by molar-refractivity contribution is 6.06. The van der Waals surface area contributed by atoms with Crippen molar-refractivity contribution in [2.75, 3.05) is 46.3 Å². The van der Waals surface area contributed by atoms with Crippen LogP contribution in [0, 0.1) is 23.7 Å². The van der Waals surface area contributed by atoms with Crippen molar-refractivity contribution in [1.82, 2.24) is 20.4 Å². The van der Waals surface area contributed by atoms with Gasteiger partial charge in [-0.3, -0.25) is 19.5 Å². The van der Waals surface area contributed by atoms with Gasteiger partial charge in [-0.15, -0.1) is 0 Å². The van der Waals surface area contributed by atoms with Gasteiger partial charge in [0.15, 0.2) is 5.96 Å². The quantitative estimate of drug-likeness (QED) is 0.212. The van der Waals surface area contributed by atoms with Gasteiger partial charge >= 0.3 is 0 Å². The van der Waals surface area contributed by atoms with Gasteiger partial charge in [-0.2, -0.15) is 0 Å². The summed E-state index contributed by atoms with van der Waals surface area (Å²) in [5.74, 6) is 1.14. The Labute approximate surface area is 167 Å². The van der Waals surface area contributed by atoms with E-state index in [0.29, 0.717) is 13.1 Å². The lowest BCUT2D eigenvalue weighted by Gasteiger charge is -2.19. The molecule has 28 heavy (non-hydrogen) atoms. The first-order chi connectivity index (χ1) is 13.7. The average molecular weight is 388 g/mol. The molecule has 0 aromatic rings. The Morgan fingerprint density at radius 1 is 1.00 bits per heavy atom. The van der Waals surface area contributed by atoms with E-state index < -0.39 is 0 Å². The maximum Gasteiger partial charge on any atom is 0.233 e. The lowest BCUT2D eigenvalue weighted by atomic mass is 9.85. The van der Waals surface area contributed by atoms with E-state index in [9.17, 15) is 9.59 Å². The molecule has 0 spiro atoms. The molecule has 4 rings (SSSR count). The number of carbonyl (C=O) groups excluding carboxylic acids is 2. The third-order valence-corrected chi connectivity index (χ3v) is 6.81. The van der Waals surface area contributed by atoms with Crippen LogP contribution in [0.2, 0.25) is 0 Å². The van der Waals surface area contributed by atoms with E-state index in [1.807, 2.05) is 0 Å². The molecule has 0 aromatic carbocycles. The normalized spacial score (nSPS) is 31.9. The number of carbonyl (C=O) groups is 2. The molecule has 1 saturated carbocycles. The van der Waals surface area contributed by atoms with Gasteiger partial charge in [0.1, 0.15) is 0 Å². The summed E-state index contributed by atoms with van der Waals surface area (Å²) in [6.45, 7) is 5.53. The number of guanidine groups is 1. The van der Waals surface area contributed by atoms with E-state index in [-0.39, 0.29) is 35.5 Å². The topological polar surface area (TPSA) is 77.0 Å². The van der Waals surface area contributed by atoms with Gasteiger partial charge in [-0.25, -0.2) is 0 Å². The van der Waals surface area contributed by atoms with E-state index in [4.69, 9.17) is 0 Å². The van der Waals surface area contributed by atoms with E-state index >= 15 is 0 Å². The number of likely N-dealkylation sites (tertiary alicyclic amines) is 2. The minimum absolute atomic E-state index is 0.0264. The highest BCUT2D eigenvalue weighted by Gasteiger charge is 2.58. The molecule has 7 heteroatoms. The molecule has 3 fully saturated rings. The van der Waals surface area contributed by atoms with Crippen molar-refractivity contribution in [2.45, 2.75) is 32.1 Å². The molecule has 4 unspecified atom stereocenters. The summed E-state index contributed by atoms with van der Waals surface area (Å²) >= 11 is 0. The first-order valence-electron chi connectivity index (χ1n) is 10.9. The number of amides is 2. The molecule has 2 amide bonds. The Balaban J connectivity index is 1.14. The third-order valence-electron chi connectivity index (χ3n) is 6.81. The molecule has 154 valence electrons. The Bertz CT molecular complexity index is 625. The molecule has 2 heterocycles. The lowest BCUT2D eigenvalue weighted by Crippen LogP contribution is -2.44. The molecule has 2 bridgehead atoms. The largest absolute Gasteiger partial charge is 0.356 e. The van der Waals surface area contributed by atoms with Crippen LogP contribution in [0.1, 0.15) is 32.1 Å². The summed E-state index contributed by atoms with van der Waals surface area (Å²) in [5, 5.41) is 6.57. The second kappa shape index (κ2) is 8.64. The zero-order chi connectivity index (χ0) is 19.5. The van der Waals surface area contributed by atoms with Crippen molar-refractivity contribution in [2.24, 2.45) is 28.7 Å². The minimum atomic E-state index is -0.101. The molecule has 2 aliphatic heterocycles. The Kier molecular flexibility index (Phi) is 5.99. The highest BCUT2D eigenvalue weighted by atomic mass is 16.2. The van der Waals surface area contributed by atoms with Crippen LogP contribution in [0.3, 0.4) is 0 Å². The number of nitrogens with zero attached hydrogens (tertiary/aromatic N) is 3. The Hall–Kier alpha value is -1.89. The fraction of sp³-hybridized carbons (Fsp3) is 0.762. The first kappa shape index (κ1) is 19.4. The fourth-order valence-corrected chi connectivity index (χ4v) is 5.36. The number of hydrogen-bond donors (Lipinski definition) is 2. The summed E-state index contributed by atoms with van der Waals surface area (Å²) < 4.78 is 0. The summed E-state index contributed by atoms with van der Waals surface area (Å²) in [5.41, 5.74) is 0. The Morgan fingerprint density at radius 3 is 2.29 bits per heavy atom. The van der Waals surface area contributed by atoms with Crippen molar-refractivity contribution in [3.05, 3.63) is 12.2 Å². The van der Waals surface area contributed by atoms with Gasteiger partial charge in [0.25, 0.3) is 0 Å². The first-order valence-corrected chi connectivity index (χ1v) is 10.9. The number of hydrogen-bond acceptors (Lipinski definition) is 4. The smallest absolute Gasteiger partial charge is 0.233 e. The zero-order valence-electron chi connectivity index (χ0n) is 16.9. The van der Waals surface area contributed by atoms with Gasteiger partial charge < -0.3 is 15.5 Å². The van der Waals surface area contributed by atoms with E-state index in [2.05, 4.69) is 32.7 Å². The molecular formula is C21H33N5O2. The number of fused-ring (bicyclic) bond motifs is 5. The van der Waals surface area contributed by atoms with Crippen LogP contribution in [-0.4, -0.2) is 73.9 Å². The molecule has 0 radical (unpaired) electrons. The molecule has 2 N–H and O–H groups in total. The summed E-state index contributed by atoms with van der Waals surface area (Å²) in [4.78, 5) is 33.6. The van der Waals surface area contributed by atoms with E-state index in [1.165, 1.54) is 43.8 Å². The maximum absolute atomic E-state index is 12.7. The maximum atomic E-state index is 12.7. The van der Waals surface area contributed by atoms with Gasteiger partial charge in [0, 0.05) is 26.7 Å². The minimum Gasteiger partial charge on any atom is -0.356 e. The molecule has 0 aromatic heterocycles. The van der Waals surface area contributed by atoms with Crippen molar-refractivity contribution < 1.29 is 9.59 Å². The highest BCUT2D eigenvalue weighted by Crippen LogP contribution is 2.52. The number of unbranched alkanes of at least 4 members (excludes halogenated alkanes) is 1. The molecule has 4 aliphatic rings. The summed E-state index contributed by atoms with van der Waals surface area (Å²) in [7, 11) is 1.75. The predicted molar refractivity (Wildman–Crippen MR) is 109 cm³/mol. The van der Waals surface area contributed by atoms with Gasteiger partial charge in [-0.1, -0.05) is 12.2 Å². The third kappa shape index (κ3) is 3.81. The van der Waals surface area contributed by atoms with Crippen LogP contribution in [0.4, 0.5) is 0 Å². The van der Waals surface area contributed by atoms with Crippen molar-refractivity contribution >= 4 is 17.8 Å². The van der Waals surface area contributed by atoms with Crippen molar-refractivity contribution in [3.8, 4) is 0 Å². The van der Waals surface area contributed by atoms with Crippen LogP contribution in [0.25, 0.3) is 0 Å².